The number of imide groups is 1. The van der Waals surface area contributed by atoms with Crippen LogP contribution in [0.15, 0.2) is 34.5 Å². The van der Waals surface area contributed by atoms with Gasteiger partial charge < -0.3 is 4.84 Å². The van der Waals surface area contributed by atoms with Crippen molar-refractivity contribution in [1.29, 1.82) is 0 Å². The summed E-state index contributed by atoms with van der Waals surface area (Å²) in [5.41, 5.74) is 5.19. The fraction of sp³-hybridized carbons (Fsp3) is 0.450. The molecule has 5 heteroatoms. The van der Waals surface area contributed by atoms with E-state index in [1.807, 2.05) is 25.1 Å². The summed E-state index contributed by atoms with van der Waals surface area (Å²) in [6.07, 6.45) is 6.29. The summed E-state index contributed by atoms with van der Waals surface area (Å²) in [5.74, 6) is -0.280. The highest BCUT2D eigenvalue weighted by Crippen LogP contribution is 2.36. The van der Waals surface area contributed by atoms with Crippen LogP contribution in [0.5, 0.6) is 0 Å². The summed E-state index contributed by atoms with van der Waals surface area (Å²) >= 11 is 0. The van der Waals surface area contributed by atoms with Gasteiger partial charge in [-0.05, 0) is 69.6 Å². The summed E-state index contributed by atoms with van der Waals surface area (Å²) in [5, 5.41) is 4.24. The SMILES string of the molecule is CCON=C1CCCc2ccc(N3C(=O)C4=C(CCCC4)C3=O)cc21. The van der Waals surface area contributed by atoms with E-state index >= 15 is 0 Å². The lowest BCUT2D eigenvalue weighted by Crippen LogP contribution is -2.32. The third-order valence-electron chi connectivity index (χ3n) is 5.22. The van der Waals surface area contributed by atoms with Gasteiger partial charge in [0.2, 0.25) is 0 Å². The largest absolute Gasteiger partial charge is 0.396 e. The van der Waals surface area contributed by atoms with Crippen LogP contribution in [-0.2, 0) is 20.8 Å². The number of oxime groups is 1. The van der Waals surface area contributed by atoms with E-state index in [-0.39, 0.29) is 11.8 Å². The number of fused-ring (bicyclic) bond motifs is 1. The highest BCUT2D eigenvalue weighted by atomic mass is 16.6. The van der Waals surface area contributed by atoms with Crippen molar-refractivity contribution < 1.29 is 14.4 Å². The summed E-state index contributed by atoms with van der Waals surface area (Å²) in [6.45, 7) is 2.43. The standard InChI is InChI=1S/C20H22N2O3/c1-2-25-21-18-9-5-6-13-10-11-14(12-17(13)18)22-19(23)15-7-3-4-8-16(15)20(22)24/h10-12H,2-9H2,1H3. The lowest BCUT2D eigenvalue weighted by Gasteiger charge is -2.21. The van der Waals surface area contributed by atoms with Crippen molar-refractivity contribution in [1.82, 2.24) is 0 Å². The molecule has 1 heterocycles. The minimum absolute atomic E-state index is 0.140. The van der Waals surface area contributed by atoms with E-state index < -0.39 is 0 Å². The smallest absolute Gasteiger partial charge is 0.261 e. The Labute approximate surface area is 147 Å². The van der Waals surface area contributed by atoms with Crippen molar-refractivity contribution in [2.45, 2.75) is 51.9 Å². The first-order chi connectivity index (χ1) is 12.2. The van der Waals surface area contributed by atoms with Crippen molar-refractivity contribution in [2.75, 3.05) is 11.5 Å². The second-order valence-corrected chi connectivity index (χ2v) is 6.76. The van der Waals surface area contributed by atoms with E-state index in [1.54, 1.807) is 0 Å². The zero-order valence-electron chi connectivity index (χ0n) is 14.5. The van der Waals surface area contributed by atoms with Gasteiger partial charge in [0.15, 0.2) is 0 Å². The van der Waals surface area contributed by atoms with Gasteiger partial charge in [0.1, 0.15) is 6.61 Å². The van der Waals surface area contributed by atoms with E-state index in [0.717, 1.165) is 67.4 Å². The molecule has 1 aromatic rings. The zero-order chi connectivity index (χ0) is 17.4. The van der Waals surface area contributed by atoms with Gasteiger partial charge in [-0.15, -0.1) is 0 Å². The Morgan fingerprint density at radius 3 is 2.40 bits per heavy atom. The molecule has 1 aromatic carbocycles. The average molecular weight is 338 g/mol. The van der Waals surface area contributed by atoms with Crippen LogP contribution in [0.3, 0.4) is 0 Å². The van der Waals surface area contributed by atoms with Crippen molar-refractivity contribution >= 4 is 23.2 Å². The van der Waals surface area contributed by atoms with Crippen LogP contribution in [0.25, 0.3) is 0 Å². The molecular weight excluding hydrogens is 316 g/mol. The zero-order valence-corrected chi connectivity index (χ0v) is 14.5. The number of rotatable bonds is 3. The second-order valence-electron chi connectivity index (χ2n) is 6.76. The fourth-order valence-electron chi connectivity index (χ4n) is 3.98. The summed E-state index contributed by atoms with van der Waals surface area (Å²) in [7, 11) is 0. The molecule has 2 aliphatic carbocycles. The normalized spacial score (nSPS) is 21.6. The molecule has 0 saturated carbocycles. The lowest BCUT2D eigenvalue weighted by molar-refractivity contribution is -0.120. The van der Waals surface area contributed by atoms with Crippen LogP contribution in [0.2, 0.25) is 0 Å². The molecule has 0 N–H and O–H groups in total. The highest BCUT2D eigenvalue weighted by Gasteiger charge is 2.39. The van der Waals surface area contributed by atoms with Gasteiger partial charge in [-0.1, -0.05) is 11.2 Å². The highest BCUT2D eigenvalue weighted by molar-refractivity contribution is 6.33. The van der Waals surface area contributed by atoms with Crippen LogP contribution >= 0.6 is 0 Å². The molecule has 1 aliphatic heterocycles. The Kier molecular flexibility index (Phi) is 4.15. The van der Waals surface area contributed by atoms with Crippen molar-refractivity contribution in [2.24, 2.45) is 5.16 Å². The number of amides is 2. The van der Waals surface area contributed by atoms with Crippen molar-refractivity contribution in [3.8, 4) is 0 Å². The molecule has 0 unspecified atom stereocenters. The monoisotopic (exact) mass is 338 g/mol. The maximum absolute atomic E-state index is 12.8. The molecule has 0 radical (unpaired) electrons. The van der Waals surface area contributed by atoms with Crippen LogP contribution in [0.1, 0.15) is 56.6 Å². The predicted molar refractivity (Wildman–Crippen MR) is 95.5 cm³/mol. The molecule has 0 aromatic heterocycles. The van der Waals surface area contributed by atoms with E-state index in [0.29, 0.717) is 12.3 Å². The minimum atomic E-state index is -0.140. The molecule has 3 aliphatic rings. The Hall–Kier alpha value is -2.43. The van der Waals surface area contributed by atoms with Gasteiger partial charge in [-0.3, -0.25) is 9.59 Å². The molecule has 2 amide bonds. The molecule has 0 bridgehead atoms. The molecule has 0 saturated heterocycles. The number of aryl methyl sites for hydroxylation is 1. The van der Waals surface area contributed by atoms with E-state index in [4.69, 9.17) is 4.84 Å². The molecule has 4 rings (SSSR count). The van der Waals surface area contributed by atoms with E-state index in [9.17, 15) is 9.59 Å². The molecule has 0 fully saturated rings. The Morgan fingerprint density at radius 2 is 1.72 bits per heavy atom. The quantitative estimate of drug-likeness (QED) is 0.626. The molecule has 0 atom stereocenters. The van der Waals surface area contributed by atoms with Crippen LogP contribution in [0.4, 0.5) is 5.69 Å². The van der Waals surface area contributed by atoms with E-state index in [1.165, 1.54) is 10.5 Å². The maximum atomic E-state index is 12.8. The van der Waals surface area contributed by atoms with Gasteiger partial charge in [-0.2, -0.15) is 0 Å². The Morgan fingerprint density at radius 1 is 1.00 bits per heavy atom. The van der Waals surface area contributed by atoms with Gasteiger partial charge >= 0.3 is 0 Å². The molecule has 25 heavy (non-hydrogen) atoms. The summed E-state index contributed by atoms with van der Waals surface area (Å²) in [4.78, 5) is 32.1. The second kappa shape index (κ2) is 6.47. The number of anilines is 1. The lowest BCUT2D eigenvalue weighted by atomic mass is 9.89. The maximum Gasteiger partial charge on any atom is 0.261 e. The van der Waals surface area contributed by atoms with Gasteiger partial charge in [0.05, 0.1) is 11.4 Å². The molecular formula is C20H22N2O3. The average Bonchev–Trinajstić information content (AvgIpc) is 2.91. The van der Waals surface area contributed by atoms with Crippen LogP contribution in [-0.4, -0.2) is 24.1 Å². The van der Waals surface area contributed by atoms with Crippen molar-refractivity contribution in [3.63, 3.8) is 0 Å². The first-order valence-corrected chi connectivity index (χ1v) is 9.13. The molecule has 0 spiro atoms. The Balaban J connectivity index is 1.71. The first kappa shape index (κ1) is 16.1. The fourth-order valence-corrected chi connectivity index (χ4v) is 3.98. The predicted octanol–water partition coefficient (Wildman–Crippen LogP) is 3.51. The number of benzene rings is 1. The van der Waals surface area contributed by atoms with Crippen molar-refractivity contribution in [3.05, 3.63) is 40.5 Å². The summed E-state index contributed by atoms with van der Waals surface area (Å²) in [6, 6.07) is 5.83. The first-order valence-electron chi connectivity index (χ1n) is 9.13. The minimum Gasteiger partial charge on any atom is -0.396 e. The Bertz CT molecular complexity index is 779. The third-order valence-corrected chi connectivity index (χ3v) is 5.22. The number of hydrogen-bond donors (Lipinski definition) is 0. The summed E-state index contributed by atoms with van der Waals surface area (Å²) < 4.78 is 0. The number of nitrogens with zero attached hydrogens (tertiary/aromatic N) is 2. The molecule has 130 valence electrons. The van der Waals surface area contributed by atoms with Gasteiger partial charge in [0, 0.05) is 16.7 Å². The van der Waals surface area contributed by atoms with E-state index in [2.05, 4.69) is 5.16 Å². The number of hydrogen-bond acceptors (Lipinski definition) is 4. The number of carbonyl (C=O) groups excluding carboxylic acids is 2. The molecule has 5 nitrogen and oxygen atoms in total. The van der Waals surface area contributed by atoms with Gasteiger partial charge in [-0.25, -0.2) is 4.90 Å². The topological polar surface area (TPSA) is 59.0 Å². The van der Waals surface area contributed by atoms with Crippen LogP contribution < -0.4 is 4.90 Å². The van der Waals surface area contributed by atoms with Crippen LogP contribution in [0, 0.1) is 0 Å². The third kappa shape index (κ3) is 2.68. The number of carbonyl (C=O) groups is 2. The van der Waals surface area contributed by atoms with Gasteiger partial charge in [0.25, 0.3) is 11.8 Å².